The van der Waals surface area contributed by atoms with Crippen molar-refractivity contribution in [3.05, 3.63) is 83.9 Å². The van der Waals surface area contributed by atoms with Crippen molar-refractivity contribution in [3.63, 3.8) is 0 Å². The zero-order chi connectivity index (χ0) is 27.4. The second kappa shape index (κ2) is 11.2. The lowest BCUT2D eigenvalue weighted by atomic mass is 10.0. The molecule has 1 amide bonds. The molecule has 0 aliphatic heterocycles. The fourth-order valence-electron chi connectivity index (χ4n) is 3.43. The second-order valence-corrected chi connectivity index (χ2v) is 9.29. The first-order valence-electron chi connectivity index (χ1n) is 10.7. The molecular weight excluding hydrogens is 524 g/mol. The SMILES string of the molecule is C=C(CCC(NC(=O)c1ccc2ccccc2c1OCc1ccc(S(F)(F)F)cc1)C(=O)O)C(F)(F)F. The maximum Gasteiger partial charge on any atom is 0.412 e. The molecule has 0 aromatic heterocycles. The van der Waals surface area contributed by atoms with Gasteiger partial charge in [0.25, 0.3) is 5.91 Å². The first-order valence-corrected chi connectivity index (χ1v) is 12.0. The molecular formula is C25H21F6NO4S. The number of rotatable bonds is 10. The van der Waals surface area contributed by atoms with Crippen LogP contribution in [0.2, 0.25) is 0 Å². The van der Waals surface area contributed by atoms with Gasteiger partial charge >= 0.3 is 12.1 Å². The maximum absolute atomic E-state index is 13.0. The molecule has 3 rings (SSSR count). The van der Waals surface area contributed by atoms with Crippen LogP contribution in [0.15, 0.2) is 77.7 Å². The average Bonchev–Trinajstić information content (AvgIpc) is 2.83. The zero-order valence-electron chi connectivity index (χ0n) is 19.0. The van der Waals surface area contributed by atoms with Crippen molar-refractivity contribution in [3.8, 4) is 5.75 Å². The largest absolute Gasteiger partial charge is 0.487 e. The molecule has 2 N–H and O–H groups in total. The Kier molecular flexibility index (Phi) is 8.42. The van der Waals surface area contributed by atoms with Crippen molar-refractivity contribution in [1.29, 1.82) is 0 Å². The summed E-state index contributed by atoms with van der Waals surface area (Å²) in [5.41, 5.74) is -0.822. The van der Waals surface area contributed by atoms with E-state index in [1.165, 1.54) is 18.2 Å². The van der Waals surface area contributed by atoms with Gasteiger partial charge in [0.05, 0.1) is 10.5 Å². The minimum Gasteiger partial charge on any atom is -0.487 e. The van der Waals surface area contributed by atoms with E-state index in [-0.39, 0.29) is 17.9 Å². The van der Waals surface area contributed by atoms with Gasteiger partial charge in [0, 0.05) is 11.0 Å². The molecule has 0 heterocycles. The third kappa shape index (κ3) is 7.19. The molecule has 1 unspecified atom stereocenters. The monoisotopic (exact) mass is 545 g/mol. The summed E-state index contributed by atoms with van der Waals surface area (Å²) in [7, 11) is 0. The van der Waals surface area contributed by atoms with Crippen LogP contribution in [-0.2, 0) is 11.4 Å². The number of halogens is 6. The Morgan fingerprint density at radius 3 is 2.24 bits per heavy atom. The Morgan fingerprint density at radius 2 is 1.65 bits per heavy atom. The van der Waals surface area contributed by atoms with E-state index < -0.39 is 58.6 Å². The number of carbonyl (C=O) groups excluding carboxylic acids is 1. The summed E-state index contributed by atoms with van der Waals surface area (Å²) in [5.74, 6) is -2.38. The van der Waals surface area contributed by atoms with Crippen LogP contribution in [0, 0.1) is 0 Å². The summed E-state index contributed by atoms with van der Waals surface area (Å²) in [6.07, 6.45) is -5.93. The highest BCUT2D eigenvalue weighted by Crippen LogP contribution is 2.60. The number of alkyl halides is 3. The van der Waals surface area contributed by atoms with Crippen LogP contribution in [0.5, 0.6) is 5.75 Å². The molecule has 12 heteroatoms. The molecule has 0 aliphatic rings. The first-order chi connectivity index (χ1) is 17.3. The number of aliphatic carboxylic acids is 1. The molecule has 0 saturated heterocycles. The normalized spacial score (nSPS) is 13.1. The van der Waals surface area contributed by atoms with Gasteiger partial charge in [0.2, 0.25) is 11.2 Å². The van der Waals surface area contributed by atoms with Gasteiger partial charge in [-0.05, 0) is 42.0 Å². The number of amides is 1. The lowest BCUT2D eigenvalue weighted by Gasteiger charge is -2.19. The maximum atomic E-state index is 13.0. The van der Waals surface area contributed by atoms with Crippen molar-refractivity contribution < 1.29 is 44.3 Å². The highest BCUT2D eigenvalue weighted by Gasteiger charge is 2.33. The van der Waals surface area contributed by atoms with Crippen LogP contribution in [0.4, 0.5) is 24.8 Å². The van der Waals surface area contributed by atoms with Crippen molar-refractivity contribution in [2.45, 2.75) is 36.6 Å². The lowest BCUT2D eigenvalue weighted by Crippen LogP contribution is -2.41. The number of allylic oxidation sites excluding steroid dienone is 1. The molecule has 0 fully saturated rings. The summed E-state index contributed by atoms with van der Waals surface area (Å²) in [4.78, 5) is 23.9. The van der Waals surface area contributed by atoms with Crippen molar-refractivity contribution in [2.75, 3.05) is 0 Å². The topological polar surface area (TPSA) is 75.6 Å². The van der Waals surface area contributed by atoms with Crippen molar-refractivity contribution in [1.82, 2.24) is 5.32 Å². The van der Waals surface area contributed by atoms with E-state index in [1.54, 1.807) is 30.3 Å². The standard InChI is InChI=1S/C25H21F6NO4S/c1-15(25(26,27)28)6-13-21(24(34)35)32-23(33)20-12-9-17-4-2-3-5-19(17)22(20)36-14-16-7-10-18(11-8-16)37(29,30)31/h2-5,7-12,21H,1,6,13-14H2,(H,32,33)(H,34,35). The predicted molar refractivity (Wildman–Crippen MR) is 127 cm³/mol. The molecule has 0 aliphatic carbocycles. The molecule has 37 heavy (non-hydrogen) atoms. The Morgan fingerprint density at radius 1 is 1.00 bits per heavy atom. The Bertz CT molecular complexity index is 1310. The summed E-state index contributed by atoms with van der Waals surface area (Å²) < 4.78 is 82.7. The number of carboxylic acid groups (broad SMARTS) is 1. The Labute approximate surface area is 209 Å². The number of carboxylic acids is 1. The third-order valence-electron chi connectivity index (χ3n) is 5.44. The average molecular weight is 546 g/mol. The number of hydrogen-bond acceptors (Lipinski definition) is 3. The summed E-state index contributed by atoms with van der Waals surface area (Å²) in [6.45, 7) is 2.70. The Balaban J connectivity index is 1.85. The molecule has 0 spiro atoms. The van der Waals surface area contributed by atoms with Crippen LogP contribution in [0.1, 0.15) is 28.8 Å². The fraction of sp³-hybridized carbons (Fsp3) is 0.200. The quantitative estimate of drug-likeness (QED) is 0.207. The number of hydrogen-bond donors (Lipinski definition) is 2. The van der Waals surface area contributed by atoms with Crippen LogP contribution >= 0.6 is 11.2 Å². The summed E-state index contributed by atoms with van der Waals surface area (Å²) in [6, 6.07) is 12.4. The minimum absolute atomic E-state index is 0.0463. The van der Waals surface area contributed by atoms with Crippen molar-refractivity contribution >= 4 is 33.8 Å². The number of carbonyl (C=O) groups is 2. The summed E-state index contributed by atoms with van der Waals surface area (Å²) in [5, 5.41) is 12.8. The number of ether oxygens (including phenoxy) is 1. The molecule has 5 nitrogen and oxygen atoms in total. The van der Waals surface area contributed by atoms with E-state index in [0.717, 1.165) is 12.1 Å². The first kappa shape index (κ1) is 27.9. The molecule has 0 bridgehead atoms. The van der Waals surface area contributed by atoms with Gasteiger partial charge in [-0.2, -0.15) is 13.2 Å². The van der Waals surface area contributed by atoms with Gasteiger partial charge in [-0.25, -0.2) is 4.79 Å². The molecule has 0 radical (unpaired) electrons. The molecule has 198 valence electrons. The van der Waals surface area contributed by atoms with Gasteiger partial charge in [-0.3, -0.25) is 4.79 Å². The third-order valence-corrected chi connectivity index (χ3v) is 6.24. The van der Waals surface area contributed by atoms with Gasteiger partial charge in [-0.1, -0.05) is 49.0 Å². The van der Waals surface area contributed by atoms with Crippen LogP contribution in [0.25, 0.3) is 10.8 Å². The second-order valence-electron chi connectivity index (χ2n) is 8.01. The van der Waals surface area contributed by atoms with Gasteiger partial charge in [-0.15, -0.1) is 11.7 Å². The van der Waals surface area contributed by atoms with Crippen LogP contribution in [-0.4, -0.2) is 29.2 Å². The number of fused-ring (bicyclic) bond motifs is 1. The fourth-order valence-corrected chi connectivity index (χ4v) is 3.87. The highest BCUT2D eigenvalue weighted by molar-refractivity contribution is 8.20. The molecule has 3 aromatic carbocycles. The highest BCUT2D eigenvalue weighted by atomic mass is 32.3. The lowest BCUT2D eigenvalue weighted by molar-refractivity contribution is -0.139. The van der Waals surface area contributed by atoms with E-state index in [0.29, 0.717) is 16.3 Å². The Hall–Kier alpha value is -3.67. The number of nitrogens with one attached hydrogen (secondary N) is 1. The van der Waals surface area contributed by atoms with E-state index in [1.807, 2.05) is 0 Å². The van der Waals surface area contributed by atoms with E-state index in [4.69, 9.17) is 4.74 Å². The van der Waals surface area contributed by atoms with Gasteiger partial charge in [0.1, 0.15) is 18.4 Å². The van der Waals surface area contributed by atoms with E-state index >= 15 is 0 Å². The van der Waals surface area contributed by atoms with Crippen LogP contribution in [0.3, 0.4) is 0 Å². The van der Waals surface area contributed by atoms with Crippen LogP contribution < -0.4 is 10.1 Å². The van der Waals surface area contributed by atoms with E-state index in [2.05, 4.69) is 11.9 Å². The minimum atomic E-state index is -5.38. The smallest absolute Gasteiger partial charge is 0.412 e. The zero-order valence-corrected chi connectivity index (χ0v) is 19.8. The molecule has 1 atom stereocenters. The summed E-state index contributed by atoms with van der Waals surface area (Å²) >= 11 is -5.38. The van der Waals surface area contributed by atoms with Crippen molar-refractivity contribution in [2.24, 2.45) is 0 Å². The molecule has 0 saturated carbocycles. The predicted octanol–water partition coefficient (Wildman–Crippen LogP) is 7.32. The molecule has 3 aromatic rings. The van der Waals surface area contributed by atoms with Gasteiger partial charge < -0.3 is 15.2 Å². The van der Waals surface area contributed by atoms with Gasteiger partial charge in [0.15, 0.2) is 0 Å². The van der Waals surface area contributed by atoms with E-state index in [9.17, 15) is 39.5 Å². The number of benzene rings is 3.